The van der Waals surface area contributed by atoms with Crippen LogP contribution in [0.4, 0.5) is 0 Å². The Balaban J connectivity index is 1.80. The van der Waals surface area contributed by atoms with Gasteiger partial charge in [0.2, 0.25) is 5.91 Å². The van der Waals surface area contributed by atoms with E-state index in [-0.39, 0.29) is 24.0 Å². The van der Waals surface area contributed by atoms with Crippen molar-refractivity contribution in [2.24, 2.45) is 11.7 Å². The third-order valence-corrected chi connectivity index (χ3v) is 6.31. The van der Waals surface area contributed by atoms with Gasteiger partial charge in [-0.1, -0.05) is 0 Å². The van der Waals surface area contributed by atoms with Crippen molar-refractivity contribution >= 4 is 15.7 Å². The summed E-state index contributed by atoms with van der Waals surface area (Å²) in [7, 11) is -2.86. The highest BCUT2D eigenvalue weighted by molar-refractivity contribution is 7.91. The van der Waals surface area contributed by atoms with E-state index in [1.165, 1.54) is 5.56 Å². The smallest absolute Gasteiger partial charge is 0.219 e. The number of aryl methyl sites for hydroxylation is 1. The lowest BCUT2D eigenvalue weighted by Crippen LogP contribution is -2.26. The molecule has 1 atom stereocenters. The van der Waals surface area contributed by atoms with E-state index in [1.54, 1.807) is 0 Å². The number of hydrogen-bond acceptors (Lipinski definition) is 5. The van der Waals surface area contributed by atoms with E-state index < -0.39 is 9.84 Å². The van der Waals surface area contributed by atoms with E-state index in [9.17, 15) is 13.2 Å². The molecule has 2 aliphatic heterocycles. The highest BCUT2D eigenvalue weighted by Gasteiger charge is 2.30. The van der Waals surface area contributed by atoms with Crippen molar-refractivity contribution in [1.29, 1.82) is 0 Å². The van der Waals surface area contributed by atoms with E-state index in [4.69, 9.17) is 5.73 Å². The molecule has 7 nitrogen and oxygen atoms in total. The molecule has 2 aliphatic rings. The number of nitrogens with two attached hydrogens (primary N) is 1. The maximum atomic E-state index is 11.6. The van der Waals surface area contributed by atoms with Crippen molar-refractivity contribution in [2.75, 3.05) is 18.1 Å². The standard InChI is InChI=1S/C14H22N4O3S/c15-14(19)2-5-18-13-1-4-16-8-11(13)12(17-18)7-10-3-6-22(20,21)9-10/h10,16H,1-9H2,(H2,15,19). The van der Waals surface area contributed by atoms with Crippen molar-refractivity contribution in [3.63, 3.8) is 0 Å². The molecule has 1 aromatic rings. The second-order valence-corrected chi connectivity index (χ2v) is 8.44. The maximum absolute atomic E-state index is 11.6. The number of carbonyl (C=O) groups is 1. The molecule has 0 radical (unpaired) electrons. The molecule has 3 N–H and O–H groups in total. The highest BCUT2D eigenvalue weighted by atomic mass is 32.2. The molecule has 0 aliphatic carbocycles. The Hall–Kier alpha value is -1.41. The zero-order chi connectivity index (χ0) is 15.7. The zero-order valence-corrected chi connectivity index (χ0v) is 13.4. The second-order valence-electron chi connectivity index (χ2n) is 6.21. The first-order valence-corrected chi connectivity index (χ1v) is 9.53. The number of primary amides is 1. The summed E-state index contributed by atoms with van der Waals surface area (Å²) < 4.78 is 25.1. The van der Waals surface area contributed by atoms with Crippen LogP contribution < -0.4 is 11.1 Å². The molecule has 1 saturated heterocycles. The van der Waals surface area contributed by atoms with Gasteiger partial charge in [-0.3, -0.25) is 9.48 Å². The van der Waals surface area contributed by atoms with Gasteiger partial charge >= 0.3 is 0 Å². The summed E-state index contributed by atoms with van der Waals surface area (Å²) in [4.78, 5) is 11.0. The Labute approximate surface area is 130 Å². The van der Waals surface area contributed by atoms with Gasteiger partial charge in [0.1, 0.15) is 0 Å². The number of aromatic nitrogens is 2. The number of nitrogens with one attached hydrogen (secondary N) is 1. The number of carbonyl (C=O) groups excluding carboxylic acids is 1. The van der Waals surface area contributed by atoms with E-state index >= 15 is 0 Å². The fourth-order valence-corrected chi connectivity index (χ4v) is 5.23. The van der Waals surface area contributed by atoms with Crippen molar-refractivity contribution in [3.8, 4) is 0 Å². The Morgan fingerprint density at radius 1 is 1.45 bits per heavy atom. The number of amides is 1. The van der Waals surface area contributed by atoms with Crippen LogP contribution in [0.3, 0.4) is 0 Å². The fourth-order valence-electron chi connectivity index (χ4n) is 3.36. The number of rotatable bonds is 5. The fraction of sp³-hybridized carbons (Fsp3) is 0.714. The molecule has 3 rings (SSSR count). The highest BCUT2D eigenvalue weighted by Crippen LogP contribution is 2.26. The Bertz CT molecular complexity index is 681. The van der Waals surface area contributed by atoms with E-state index in [0.717, 1.165) is 37.3 Å². The first kappa shape index (κ1) is 15.5. The van der Waals surface area contributed by atoms with Gasteiger partial charge in [-0.2, -0.15) is 5.10 Å². The molecule has 122 valence electrons. The summed E-state index contributed by atoms with van der Waals surface area (Å²) in [6.07, 6.45) is 2.58. The molecular weight excluding hydrogens is 304 g/mol. The molecule has 0 aromatic carbocycles. The van der Waals surface area contributed by atoms with Crippen LogP contribution in [-0.4, -0.2) is 42.2 Å². The van der Waals surface area contributed by atoms with Gasteiger partial charge in [-0.05, 0) is 18.8 Å². The van der Waals surface area contributed by atoms with Gasteiger partial charge in [0.25, 0.3) is 0 Å². The van der Waals surface area contributed by atoms with Gasteiger partial charge in [0, 0.05) is 43.7 Å². The normalized spacial score (nSPS) is 23.4. The molecule has 0 saturated carbocycles. The van der Waals surface area contributed by atoms with Gasteiger partial charge < -0.3 is 11.1 Å². The SMILES string of the molecule is NC(=O)CCn1nc(CC2CCS(=O)(=O)C2)c2c1CCNC2. The summed E-state index contributed by atoms with van der Waals surface area (Å²) >= 11 is 0. The quantitative estimate of drug-likeness (QED) is 0.750. The summed E-state index contributed by atoms with van der Waals surface area (Å²) in [5.74, 6) is 0.390. The van der Waals surface area contributed by atoms with Crippen LogP contribution in [0.2, 0.25) is 0 Å². The molecule has 1 fully saturated rings. The Morgan fingerprint density at radius 2 is 2.27 bits per heavy atom. The first-order valence-electron chi connectivity index (χ1n) is 7.71. The average molecular weight is 326 g/mol. The minimum atomic E-state index is -2.86. The topological polar surface area (TPSA) is 107 Å². The molecule has 22 heavy (non-hydrogen) atoms. The third kappa shape index (κ3) is 3.33. The molecule has 1 amide bonds. The van der Waals surface area contributed by atoms with Crippen molar-refractivity contribution in [1.82, 2.24) is 15.1 Å². The average Bonchev–Trinajstić information content (AvgIpc) is 2.98. The van der Waals surface area contributed by atoms with Gasteiger partial charge in [0.05, 0.1) is 17.2 Å². The lowest BCUT2D eigenvalue weighted by atomic mass is 9.98. The molecule has 3 heterocycles. The Kier molecular flexibility index (Phi) is 4.22. The predicted octanol–water partition coefficient (Wildman–Crippen LogP) is -0.619. The molecule has 8 heteroatoms. The number of fused-ring (bicyclic) bond motifs is 1. The van der Waals surface area contributed by atoms with Crippen LogP contribution in [0, 0.1) is 5.92 Å². The van der Waals surface area contributed by atoms with Crippen LogP contribution in [0.5, 0.6) is 0 Å². The second kappa shape index (κ2) is 6.00. The van der Waals surface area contributed by atoms with Gasteiger partial charge in [0.15, 0.2) is 9.84 Å². The lowest BCUT2D eigenvalue weighted by Gasteiger charge is -2.16. The van der Waals surface area contributed by atoms with Crippen LogP contribution in [0.25, 0.3) is 0 Å². The third-order valence-electron chi connectivity index (χ3n) is 4.47. The summed E-state index contributed by atoms with van der Waals surface area (Å²) in [5, 5.41) is 7.99. The van der Waals surface area contributed by atoms with Gasteiger partial charge in [-0.15, -0.1) is 0 Å². The molecule has 0 spiro atoms. The van der Waals surface area contributed by atoms with E-state index in [0.29, 0.717) is 18.7 Å². The summed E-state index contributed by atoms with van der Waals surface area (Å²) in [5.41, 5.74) is 8.55. The van der Waals surface area contributed by atoms with Crippen LogP contribution in [0.15, 0.2) is 0 Å². The minimum absolute atomic E-state index is 0.163. The summed E-state index contributed by atoms with van der Waals surface area (Å²) in [6, 6.07) is 0. The first-order chi connectivity index (χ1) is 10.4. The van der Waals surface area contributed by atoms with E-state index in [1.807, 2.05) is 4.68 Å². The summed E-state index contributed by atoms with van der Waals surface area (Å²) in [6.45, 7) is 2.16. The Morgan fingerprint density at radius 3 is 2.95 bits per heavy atom. The van der Waals surface area contributed by atoms with Crippen LogP contribution in [0.1, 0.15) is 29.8 Å². The molecule has 1 aromatic heterocycles. The maximum Gasteiger partial charge on any atom is 0.219 e. The van der Waals surface area contributed by atoms with Crippen molar-refractivity contribution < 1.29 is 13.2 Å². The zero-order valence-electron chi connectivity index (χ0n) is 12.5. The lowest BCUT2D eigenvalue weighted by molar-refractivity contribution is -0.118. The molecule has 1 unspecified atom stereocenters. The monoisotopic (exact) mass is 326 g/mol. The van der Waals surface area contributed by atoms with E-state index in [2.05, 4.69) is 10.4 Å². The minimum Gasteiger partial charge on any atom is -0.370 e. The predicted molar refractivity (Wildman–Crippen MR) is 81.9 cm³/mol. The number of nitrogens with zero attached hydrogens (tertiary/aromatic N) is 2. The van der Waals surface area contributed by atoms with Crippen LogP contribution >= 0.6 is 0 Å². The molecule has 0 bridgehead atoms. The number of sulfone groups is 1. The largest absolute Gasteiger partial charge is 0.370 e. The van der Waals surface area contributed by atoms with Gasteiger partial charge in [-0.25, -0.2) is 8.42 Å². The van der Waals surface area contributed by atoms with Crippen molar-refractivity contribution in [2.45, 2.75) is 38.8 Å². The van der Waals surface area contributed by atoms with Crippen molar-refractivity contribution in [3.05, 3.63) is 17.0 Å². The van der Waals surface area contributed by atoms with Crippen LogP contribution in [-0.2, 0) is 40.6 Å². The molecular formula is C14H22N4O3S. The number of hydrogen-bond donors (Lipinski definition) is 2.